The van der Waals surface area contributed by atoms with Gasteiger partial charge in [-0.25, -0.2) is 0 Å². The van der Waals surface area contributed by atoms with Gasteiger partial charge in [-0.05, 0) is 42.7 Å². The van der Waals surface area contributed by atoms with Crippen LogP contribution in [-0.2, 0) is 6.42 Å². The van der Waals surface area contributed by atoms with Crippen LogP contribution in [0.25, 0.3) is 0 Å². The molecule has 0 spiro atoms. The Morgan fingerprint density at radius 3 is 2.60 bits per heavy atom. The molecular formula is C16H15BrCl2O. The van der Waals surface area contributed by atoms with Crippen molar-refractivity contribution < 1.29 is 4.74 Å². The molecular weight excluding hydrogens is 359 g/mol. The normalized spacial score (nSPS) is 12.2. The third-order valence-corrected chi connectivity index (χ3v) is 4.82. The Labute approximate surface area is 138 Å². The Morgan fingerprint density at radius 1 is 1.25 bits per heavy atom. The first kappa shape index (κ1) is 15.7. The van der Waals surface area contributed by atoms with Crippen LogP contribution in [0.3, 0.4) is 0 Å². The molecule has 0 aliphatic rings. The third kappa shape index (κ3) is 3.49. The lowest BCUT2D eigenvalue weighted by atomic mass is 10.0. The maximum Gasteiger partial charge on any atom is 0.123 e. The summed E-state index contributed by atoms with van der Waals surface area (Å²) in [5.74, 6) is 0.803. The molecule has 0 N–H and O–H groups in total. The monoisotopic (exact) mass is 372 g/mol. The highest BCUT2D eigenvalue weighted by atomic mass is 79.9. The van der Waals surface area contributed by atoms with Gasteiger partial charge in [0.25, 0.3) is 0 Å². The van der Waals surface area contributed by atoms with Gasteiger partial charge >= 0.3 is 0 Å². The first-order chi connectivity index (χ1) is 9.52. The van der Waals surface area contributed by atoms with E-state index in [4.69, 9.17) is 27.9 Å². The number of rotatable bonds is 4. The minimum absolute atomic E-state index is 0.193. The van der Waals surface area contributed by atoms with Crippen LogP contribution >= 0.6 is 39.1 Å². The summed E-state index contributed by atoms with van der Waals surface area (Å²) in [7, 11) is 1.66. The number of hydrogen-bond donors (Lipinski definition) is 0. The molecule has 20 heavy (non-hydrogen) atoms. The lowest BCUT2D eigenvalue weighted by Crippen LogP contribution is -2.01. The first-order valence-electron chi connectivity index (χ1n) is 6.24. The lowest BCUT2D eigenvalue weighted by molar-refractivity contribution is 0.408. The van der Waals surface area contributed by atoms with Crippen molar-refractivity contribution in [2.75, 3.05) is 7.11 Å². The van der Waals surface area contributed by atoms with E-state index in [0.29, 0.717) is 6.42 Å². The van der Waals surface area contributed by atoms with E-state index in [1.54, 1.807) is 7.11 Å². The fourth-order valence-electron chi connectivity index (χ4n) is 2.06. The fourth-order valence-corrected chi connectivity index (χ4v) is 2.97. The molecule has 4 heteroatoms. The Balaban J connectivity index is 2.32. The highest BCUT2D eigenvalue weighted by Crippen LogP contribution is 2.37. The van der Waals surface area contributed by atoms with Crippen molar-refractivity contribution in [3.05, 3.63) is 62.6 Å². The Kier molecular flexibility index (Phi) is 5.36. The van der Waals surface area contributed by atoms with E-state index >= 15 is 0 Å². The predicted molar refractivity (Wildman–Crippen MR) is 89.2 cm³/mol. The molecule has 0 amide bonds. The quantitative estimate of drug-likeness (QED) is 0.602. The van der Waals surface area contributed by atoms with Crippen molar-refractivity contribution in [1.82, 2.24) is 0 Å². The highest BCUT2D eigenvalue weighted by Gasteiger charge is 2.17. The van der Waals surface area contributed by atoms with E-state index < -0.39 is 0 Å². The number of halogens is 3. The highest BCUT2D eigenvalue weighted by molar-refractivity contribution is 9.10. The number of methoxy groups -OCH3 is 1. The second-order valence-electron chi connectivity index (χ2n) is 4.61. The smallest absolute Gasteiger partial charge is 0.123 e. The number of ether oxygens (including phenoxy) is 1. The van der Waals surface area contributed by atoms with E-state index in [1.807, 2.05) is 43.3 Å². The number of benzene rings is 2. The molecule has 1 unspecified atom stereocenters. The van der Waals surface area contributed by atoms with Gasteiger partial charge in [0.05, 0.1) is 12.5 Å². The molecule has 0 radical (unpaired) electrons. The second kappa shape index (κ2) is 6.84. The van der Waals surface area contributed by atoms with E-state index in [1.165, 1.54) is 0 Å². The molecule has 2 aromatic rings. The van der Waals surface area contributed by atoms with E-state index in [0.717, 1.165) is 31.9 Å². The number of hydrogen-bond acceptors (Lipinski definition) is 1. The summed E-state index contributed by atoms with van der Waals surface area (Å²) in [6.07, 6.45) is 0.660. The van der Waals surface area contributed by atoms with Crippen LogP contribution in [0.2, 0.25) is 5.02 Å². The molecule has 0 heterocycles. The molecule has 0 bridgehead atoms. The summed E-state index contributed by atoms with van der Waals surface area (Å²) in [6, 6.07) is 11.8. The number of alkyl halides is 1. The van der Waals surface area contributed by atoms with Crippen LogP contribution in [0, 0.1) is 6.92 Å². The summed E-state index contributed by atoms with van der Waals surface area (Å²) in [4.78, 5) is 0. The predicted octanol–water partition coefficient (Wildman–Crippen LogP) is 5.94. The average Bonchev–Trinajstić information content (AvgIpc) is 2.43. The molecule has 0 saturated carbocycles. The molecule has 1 atom stereocenters. The van der Waals surface area contributed by atoms with Crippen molar-refractivity contribution in [3.63, 3.8) is 0 Å². The molecule has 0 fully saturated rings. The van der Waals surface area contributed by atoms with Crippen LogP contribution in [0.5, 0.6) is 5.75 Å². The minimum atomic E-state index is -0.193. The third-order valence-electron chi connectivity index (χ3n) is 3.21. The zero-order valence-corrected chi connectivity index (χ0v) is 14.4. The molecule has 1 nitrogen and oxygen atoms in total. The van der Waals surface area contributed by atoms with E-state index in [2.05, 4.69) is 15.9 Å². The van der Waals surface area contributed by atoms with Crippen molar-refractivity contribution in [2.24, 2.45) is 0 Å². The van der Waals surface area contributed by atoms with Gasteiger partial charge in [-0.2, -0.15) is 0 Å². The number of aryl methyl sites for hydroxylation is 1. The largest absolute Gasteiger partial charge is 0.496 e. The van der Waals surface area contributed by atoms with Gasteiger partial charge in [0.1, 0.15) is 5.75 Å². The zero-order valence-electron chi connectivity index (χ0n) is 11.3. The molecule has 2 aromatic carbocycles. The molecule has 2 rings (SSSR count). The lowest BCUT2D eigenvalue weighted by Gasteiger charge is -2.16. The van der Waals surface area contributed by atoms with Crippen LogP contribution in [-0.4, -0.2) is 7.11 Å². The topological polar surface area (TPSA) is 9.23 Å². The van der Waals surface area contributed by atoms with Gasteiger partial charge in [0, 0.05) is 15.1 Å². The molecule has 0 aliphatic heterocycles. The van der Waals surface area contributed by atoms with Crippen LogP contribution < -0.4 is 4.74 Å². The summed E-state index contributed by atoms with van der Waals surface area (Å²) < 4.78 is 6.46. The first-order valence-corrected chi connectivity index (χ1v) is 7.85. The SMILES string of the molecule is COc1cc(C)c(Br)cc1C(Cl)Cc1ccccc1Cl. The fraction of sp³-hybridized carbons (Fsp3) is 0.250. The second-order valence-corrected chi connectivity index (χ2v) is 6.39. The van der Waals surface area contributed by atoms with Gasteiger partial charge in [0.2, 0.25) is 0 Å². The maximum atomic E-state index is 6.56. The van der Waals surface area contributed by atoms with Gasteiger partial charge in [0.15, 0.2) is 0 Å². The minimum Gasteiger partial charge on any atom is -0.496 e. The van der Waals surface area contributed by atoms with Crippen molar-refractivity contribution >= 4 is 39.1 Å². The summed E-state index contributed by atoms with van der Waals surface area (Å²) >= 11 is 16.3. The van der Waals surface area contributed by atoms with E-state index in [9.17, 15) is 0 Å². The average molecular weight is 374 g/mol. The van der Waals surface area contributed by atoms with Gasteiger partial charge in [-0.3, -0.25) is 0 Å². The molecule has 0 aromatic heterocycles. The maximum absolute atomic E-state index is 6.56. The van der Waals surface area contributed by atoms with Crippen LogP contribution in [0.4, 0.5) is 0 Å². The van der Waals surface area contributed by atoms with Crippen molar-refractivity contribution in [2.45, 2.75) is 18.7 Å². The summed E-state index contributed by atoms with van der Waals surface area (Å²) in [5.41, 5.74) is 3.12. The summed E-state index contributed by atoms with van der Waals surface area (Å²) in [6.45, 7) is 2.02. The van der Waals surface area contributed by atoms with Crippen LogP contribution in [0.1, 0.15) is 22.1 Å². The standard InChI is InChI=1S/C16H15BrCl2O/c1-10-7-16(20-2)12(9-13(10)17)15(19)8-11-5-3-4-6-14(11)18/h3-7,9,15H,8H2,1-2H3. The Bertz CT molecular complexity index is 613. The van der Waals surface area contributed by atoms with Gasteiger partial charge in [-0.15, -0.1) is 11.6 Å². The molecule has 106 valence electrons. The van der Waals surface area contributed by atoms with E-state index in [-0.39, 0.29) is 5.38 Å². The Morgan fingerprint density at radius 2 is 1.95 bits per heavy atom. The zero-order chi connectivity index (χ0) is 14.7. The Hall–Kier alpha value is -0.700. The van der Waals surface area contributed by atoms with Gasteiger partial charge < -0.3 is 4.74 Å². The van der Waals surface area contributed by atoms with Crippen molar-refractivity contribution in [1.29, 1.82) is 0 Å². The summed E-state index contributed by atoms with van der Waals surface area (Å²) in [5, 5.41) is 0.546. The van der Waals surface area contributed by atoms with Gasteiger partial charge in [-0.1, -0.05) is 45.7 Å². The van der Waals surface area contributed by atoms with Crippen LogP contribution in [0.15, 0.2) is 40.9 Å². The molecule has 0 saturated heterocycles. The van der Waals surface area contributed by atoms with Crippen molar-refractivity contribution in [3.8, 4) is 5.75 Å². The molecule has 0 aliphatic carbocycles.